The predicted molar refractivity (Wildman–Crippen MR) is 84.7 cm³/mol. The fourth-order valence-electron chi connectivity index (χ4n) is 5.92. The number of phenolic OH excluding ortho intramolecular Hbond substituents is 1. The van der Waals surface area contributed by atoms with E-state index in [1.54, 1.807) is 6.07 Å². The van der Waals surface area contributed by atoms with Crippen LogP contribution in [0, 0.1) is 17.3 Å². The van der Waals surface area contributed by atoms with Crippen LogP contribution in [0.2, 0.25) is 0 Å². The van der Waals surface area contributed by atoms with Crippen LogP contribution < -0.4 is 0 Å². The van der Waals surface area contributed by atoms with Crippen LogP contribution >= 0.6 is 0 Å². The minimum absolute atomic E-state index is 0.00448. The lowest BCUT2D eigenvalue weighted by Gasteiger charge is -2.50. The average Bonchev–Trinajstić information content (AvgIpc) is 2.81. The first-order chi connectivity index (χ1) is 10.5. The average molecular weight is 302 g/mol. The lowest BCUT2D eigenvalue weighted by Crippen LogP contribution is -2.44. The zero-order valence-electron chi connectivity index (χ0n) is 13.3. The summed E-state index contributed by atoms with van der Waals surface area (Å²) in [5, 5.41) is 30.0. The minimum atomic E-state index is -0.142. The number of fused-ring (bicyclic) bond motifs is 5. The molecule has 3 aliphatic rings. The molecule has 3 nitrogen and oxygen atoms in total. The molecule has 0 saturated heterocycles. The summed E-state index contributed by atoms with van der Waals surface area (Å²) >= 11 is 0. The highest BCUT2D eigenvalue weighted by Crippen LogP contribution is 2.61. The third kappa shape index (κ3) is 1.88. The van der Waals surface area contributed by atoms with Gasteiger partial charge in [-0.1, -0.05) is 6.92 Å². The van der Waals surface area contributed by atoms with E-state index in [4.69, 9.17) is 0 Å². The molecule has 0 aromatic heterocycles. The van der Waals surface area contributed by atoms with Crippen molar-refractivity contribution in [2.45, 2.75) is 64.1 Å². The molecule has 0 radical (unpaired) electrons. The van der Waals surface area contributed by atoms with Crippen molar-refractivity contribution >= 4 is 0 Å². The highest BCUT2D eigenvalue weighted by atomic mass is 16.3. The Kier molecular flexibility index (Phi) is 3.28. The second-order valence-corrected chi connectivity index (χ2v) is 7.89. The highest BCUT2D eigenvalue weighted by molar-refractivity contribution is 5.46. The number of hydrogen-bond acceptors (Lipinski definition) is 3. The maximum Gasteiger partial charge on any atom is 0.116 e. The van der Waals surface area contributed by atoms with Gasteiger partial charge in [0.2, 0.25) is 0 Å². The van der Waals surface area contributed by atoms with E-state index >= 15 is 0 Å². The Morgan fingerprint density at radius 1 is 1.18 bits per heavy atom. The number of phenols is 1. The van der Waals surface area contributed by atoms with Crippen molar-refractivity contribution in [3.05, 3.63) is 28.8 Å². The van der Waals surface area contributed by atoms with E-state index in [1.165, 1.54) is 11.1 Å². The van der Waals surface area contributed by atoms with Gasteiger partial charge in [0.1, 0.15) is 5.75 Å². The fraction of sp³-hybridized carbons (Fsp3) is 0.684. The number of hydrogen-bond donors (Lipinski definition) is 3. The van der Waals surface area contributed by atoms with Crippen LogP contribution in [0.4, 0.5) is 0 Å². The van der Waals surface area contributed by atoms with Crippen molar-refractivity contribution in [3.8, 4) is 5.75 Å². The van der Waals surface area contributed by atoms with E-state index in [-0.39, 0.29) is 23.9 Å². The lowest BCUT2D eigenvalue weighted by atomic mass is 9.55. The lowest BCUT2D eigenvalue weighted by molar-refractivity contribution is -0.0228. The molecule has 0 heterocycles. The van der Waals surface area contributed by atoms with Crippen LogP contribution in [-0.2, 0) is 13.0 Å². The van der Waals surface area contributed by atoms with Crippen molar-refractivity contribution in [1.29, 1.82) is 0 Å². The van der Waals surface area contributed by atoms with Gasteiger partial charge in [0.15, 0.2) is 0 Å². The Labute approximate surface area is 132 Å². The molecule has 5 atom stereocenters. The summed E-state index contributed by atoms with van der Waals surface area (Å²) in [6.45, 7) is 2.29. The van der Waals surface area contributed by atoms with Gasteiger partial charge in [0.05, 0.1) is 12.7 Å². The molecule has 1 aromatic carbocycles. The molecule has 3 heteroatoms. The molecule has 0 aliphatic heterocycles. The van der Waals surface area contributed by atoms with Crippen LogP contribution in [0.1, 0.15) is 61.6 Å². The van der Waals surface area contributed by atoms with Gasteiger partial charge >= 0.3 is 0 Å². The topological polar surface area (TPSA) is 60.7 Å². The van der Waals surface area contributed by atoms with Gasteiger partial charge in [-0.3, -0.25) is 0 Å². The molecule has 2 saturated carbocycles. The Hall–Kier alpha value is -1.06. The molecule has 3 N–H and O–H groups in total. The predicted octanol–water partition coefficient (Wildman–Crippen LogP) is 3.10. The quantitative estimate of drug-likeness (QED) is 0.747. The first kappa shape index (κ1) is 14.5. The van der Waals surface area contributed by atoms with Gasteiger partial charge in [-0.2, -0.15) is 0 Å². The number of aliphatic hydroxyl groups excluding tert-OH is 2. The summed E-state index contributed by atoms with van der Waals surface area (Å²) < 4.78 is 0. The molecule has 1 aromatic rings. The highest BCUT2D eigenvalue weighted by Gasteiger charge is 2.54. The Bertz CT molecular complexity index is 579. The van der Waals surface area contributed by atoms with Gasteiger partial charge in [0.25, 0.3) is 0 Å². The zero-order chi connectivity index (χ0) is 15.5. The molecule has 0 amide bonds. The third-order valence-electron chi connectivity index (χ3n) is 7.01. The number of aliphatic hydroxyl groups is 2. The van der Waals surface area contributed by atoms with Crippen molar-refractivity contribution < 1.29 is 15.3 Å². The SMILES string of the molecule is C[C@]12CCC3c4c(CO)cc(O)cc4CCC3C1CC[C@@H]2O. The second-order valence-electron chi connectivity index (χ2n) is 7.89. The van der Waals surface area contributed by atoms with Gasteiger partial charge in [0, 0.05) is 0 Å². The Morgan fingerprint density at radius 2 is 2.00 bits per heavy atom. The smallest absolute Gasteiger partial charge is 0.116 e. The first-order valence-electron chi connectivity index (χ1n) is 8.68. The van der Waals surface area contributed by atoms with Crippen LogP contribution in [0.25, 0.3) is 0 Å². The molecule has 22 heavy (non-hydrogen) atoms. The summed E-state index contributed by atoms with van der Waals surface area (Å²) in [4.78, 5) is 0. The summed E-state index contributed by atoms with van der Waals surface area (Å²) in [6.07, 6.45) is 6.25. The maximum atomic E-state index is 10.4. The largest absolute Gasteiger partial charge is 0.508 e. The van der Waals surface area contributed by atoms with Crippen LogP contribution in [-0.4, -0.2) is 21.4 Å². The molecule has 3 aliphatic carbocycles. The van der Waals surface area contributed by atoms with Crippen LogP contribution in [0.5, 0.6) is 5.75 Å². The Balaban J connectivity index is 1.76. The molecular formula is C19H26O3. The molecule has 120 valence electrons. The molecule has 0 spiro atoms. The standard InChI is InChI=1S/C19H26O3/c1-19-7-6-15-14(16(19)4-5-17(19)22)3-2-11-8-13(21)9-12(10-20)18(11)15/h8-9,14-17,20-22H,2-7,10H2,1H3/t14?,15?,16?,17-,19-/m0/s1. The van der Waals surface area contributed by atoms with E-state index in [0.717, 1.165) is 44.1 Å². The zero-order valence-corrected chi connectivity index (χ0v) is 13.3. The van der Waals surface area contributed by atoms with Gasteiger partial charge < -0.3 is 15.3 Å². The Morgan fingerprint density at radius 3 is 2.77 bits per heavy atom. The normalized spacial score (nSPS) is 40.0. The number of aryl methyl sites for hydroxylation is 1. The summed E-state index contributed by atoms with van der Waals surface area (Å²) in [5.74, 6) is 2.00. The summed E-state index contributed by atoms with van der Waals surface area (Å²) in [6, 6.07) is 3.63. The van der Waals surface area contributed by atoms with Gasteiger partial charge in [-0.15, -0.1) is 0 Å². The van der Waals surface area contributed by atoms with Crippen molar-refractivity contribution in [1.82, 2.24) is 0 Å². The maximum absolute atomic E-state index is 10.4. The van der Waals surface area contributed by atoms with E-state index < -0.39 is 0 Å². The van der Waals surface area contributed by atoms with Crippen LogP contribution in [0.15, 0.2) is 12.1 Å². The van der Waals surface area contributed by atoms with E-state index in [0.29, 0.717) is 17.8 Å². The van der Waals surface area contributed by atoms with Crippen molar-refractivity contribution in [2.75, 3.05) is 0 Å². The molecule has 0 bridgehead atoms. The second kappa shape index (κ2) is 4.97. The first-order valence-corrected chi connectivity index (χ1v) is 8.68. The van der Waals surface area contributed by atoms with Crippen LogP contribution in [0.3, 0.4) is 0 Å². The molecular weight excluding hydrogens is 276 g/mol. The summed E-state index contributed by atoms with van der Waals surface area (Å²) in [5.41, 5.74) is 3.54. The third-order valence-corrected chi connectivity index (χ3v) is 7.01. The minimum Gasteiger partial charge on any atom is -0.508 e. The van der Waals surface area contributed by atoms with Crippen molar-refractivity contribution in [2.24, 2.45) is 17.3 Å². The van der Waals surface area contributed by atoms with E-state index in [1.807, 2.05) is 6.07 Å². The van der Waals surface area contributed by atoms with Gasteiger partial charge in [-0.05, 0) is 90.5 Å². The number of rotatable bonds is 1. The summed E-state index contributed by atoms with van der Waals surface area (Å²) in [7, 11) is 0. The molecule has 2 fully saturated rings. The van der Waals surface area contributed by atoms with Gasteiger partial charge in [-0.25, -0.2) is 0 Å². The fourth-order valence-corrected chi connectivity index (χ4v) is 5.92. The van der Waals surface area contributed by atoms with E-state index in [2.05, 4.69) is 6.92 Å². The monoisotopic (exact) mass is 302 g/mol. The van der Waals surface area contributed by atoms with Crippen molar-refractivity contribution in [3.63, 3.8) is 0 Å². The van der Waals surface area contributed by atoms with E-state index in [9.17, 15) is 15.3 Å². The molecule has 3 unspecified atom stereocenters. The number of benzene rings is 1. The molecule has 4 rings (SSSR count). The number of aromatic hydroxyl groups is 1.